The number of hydrogen-bond acceptors (Lipinski definition) is 3. The van der Waals surface area contributed by atoms with Crippen LogP contribution in [-0.4, -0.2) is 13.4 Å². The lowest BCUT2D eigenvalue weighted by atomic mass is 10.1. The average Bonchev–Trinajstić information content (AvgIpc) is 3.08. The second-order valence-electron chi connectivity index (χ2n) is 6.38. The van der Waals surface area contributed by atoms with Crippen molar-refractivity contribution in [3.63, 3.8) is 0 Å². The number of sulfone groups is 1. The topological polar surface area (TPSA) is 73.7 Å². The number of nitriles is 1. The maximum atomic E-state index is 13.5. The lowest BCUT2D eigenvalue weighted by Crippen LogP contribution is -2.03. The minimum Gasteiger partial charge on any atom is -0.353 e. The maximum absolute atomic E-state index is 13.5. The summed E-state index contributed by atoms with van der Waals surface area (Å²) in [4.78, 5) is 3.66. The second kappa shape index (κ2) is 6.42. The SMILES string of the molecule is Cc1ccc(S(=O)(=O)c2c(-c3ccccc3)[nH]c3ccc(C#N)cc23)cc1. The number of fused-ring (bicyclic) bond motifs is 1. The van der Waals surface area contributed by atoms with Crippen molar-refractivity contribution in [3.05, 3.63) is 83.9 Å². The number of H-pyrrole nitrogens is 1. The first-order valence-electron chi connectivity index (χ1n) is 8.44. The predicted octanol–water partition coefficient (Wildman–Crippen LogP) is 4.85. The Balaban J connectivity index is 2.08. The quantitative estimate of drug-likeness (QED) is 0.559. The number of aryl methyl sites for hydroxylation is 1. The Hall–Kier alpha value is -3.36. The highest BCUT2D eigenvalue weighted by molar-refractivity contribution is 7.91. The van der Waals surface area contributed by atoms with Crippen LogP contribution in [0.2, 0.25) is 0 Å². The third-order valence-corrected chi connectivity index (χ3v) is 6.40. The molecule has 1 heterocycles. The summed E-state index contributed by atoms with van der Waals surface area (Å²) < 4.78 is 27.0. The van der Waals surface area contributed by atoms with Gasteiger partial charge in [-0.15, -0.1) is 0 Å². The Kier molecular flexibility index (Phi) is 4.06. The van der Waals surface area contributed by atoms with E-state index in [0.29, 0.717) is 22.2 Å². The van der Waals surface area contributed by atoms with E-state index in [0.717, 1.165) is 11.1 Å². The fourth-order valence-corrected chi connectivity index (χ4v) is 4.79. The Labute approximate surface area is 157 Å². The second-order valence-corrected chi connectivity index (χ2v) is 8.27. The van der Waals surface area contributed by atoms with Gasteiger partial charge in [0.25, 0.3) is 0 Å². The highest BCUT2D eigenvalue weighted by Crippen LogP contribution is 2.37. The lowest BCUT2D eigenvalue weighted by Gasteiger charge is -2.08. The van der Waals surface area contributed by atoms with E-state index in [1.165, 1.54) is 0 Å². The molecular formula is C22H16N2O2S. The highest BCUT2D eigenvalue weighted by Gasteiger charge is 2.27. The van der Waals surface area contributed by atoms with E-state index in [1.54, 1.807) is 42.5 Å². The summed E-state index contributed by atoms with van der Waals surface area (Å²) in [5.74, 6) is 0. The molecule has 1 aromatic heterocycles. The number of benzene rings is 3. The monoisotopic (exact) mass is 372 g/mol. The Bertz CT molecular complexity index is 1280. The standard InChI is InChI=1S/C22H16N2O2S/c1-15-7-10-18(11-8-15)27(25,26)22-19-13-16(14-23)9-12-20(19)24-21(22)17-5-3-2-4-6-17/h2-13,24H,1H3. The summed E-state index contributed by atoms with van der Waals surface area (Å²) in [7, 11) is -3.78. The third-order valence-electron chi connectivity index (χ3n) is 4.54. The van der Waals surface area contributed by atoms with E-state index in [2.05, 4.69) is 11.1 Å². The molecule has 5 heteroatoms. The molecule has 0 saturated carbocycles. The van der Waals surface area contributed by atoms with Crippen LogP contribution < -0.4 is 0 Å². The van der Waals surface area contributed by atoms with E-state index in [9.17, 15) is 13.7 Å². The van der Waals surface area contributed by atoms with Crippen LogP contribution in [0, 0.1) is 18.3 Å². The molecular weight excluding hydrogens is 356 g/mol. The molecule has 4 aromatic rings. The normalized spacial score (nSPS) is 11.4. The molecule has 0 amide bonds. The number of aromatic nitrogens is 1. The van der Waals surface area contributed by atoms with Crippen LogP contribution in [0.4, 0.5) is 0 Å². The van der Waals surface area contributed by atoms with Crippen LogP contribution in [-0.2, 0) is 9.84 Å². The Morgan fingerprint density at radius 2 is 1.63 bits per heavy atom. The van der Waals surface area contributed by atoms with Gasteiger partial charge in [0, 0.05) is 10.9 Å². The summed E-state index contributed by atoms with van der Waals surface area (Å²) in [5.41, 5.74) is 3.39. The number of rotatable bonds is 3. The first-order valence-corrected chi connectivity index (χ1v) is 9.92. The van der Waals surface area contributed by atoms with Crippen LogP contribution >= 0.6 is 0 Å². The van der Waals surface area contributed by atoms with Gasteiger partial charge in [0.15, 0.2) is 0 Å². The number of aromatic amines is 1. The van der Waals surface area contributed by atoms with E-state index in [4.69, 9.17) is 0 Å². The van der Waals surface area contributed by atoms with Gasteiger partial charge in [-0.3, -0.25) is 0 Å². The predicted molar refractivity (Wildman–Crippen MR) is 105 cm³/mol. The molecule has 0 unspecified atom stereocenters. The molecule has 3 aromatic carbocycles. The minimum absolute atomic E-state index is 0.199. The summed E-state index contributed by atoms with van der Waals surface area (Å²) in [6.07, 6.45) is 0. The molecule has 1 N–H and O–H groups in total. The van der Waals surface area contributed by atoms with E-state index in [1.807, 2.05) is 37.3 Å². The van der Waals surface area contributed by atoms with Gasteiger partial charge in [-0.05, 0) is 42.8 Å². The molecule has 27 heavy (non-hydrogen) atoms. The molecule has 4 nitrogen and oxygen atoms in total. The Morgan fingerprint density at radius 1 is 0.926 bits per heavy atom. The molecule has 0 aliphatic heterocycles. The zero-order valence-corrected chi connectivity index (χ0v) is 15.4. The lowest BCUT2D eigenvalue weighted by molar-refractivity contribution is 0.597. The van der Waals surface area contributed by atoms with Gasteiger partial charge in [-0.1, -0.05) is 48.0 Å². The zero-order chi connectivity index (χ0) is 19.0. The van der Waals surface area contributed by atoms with Crippen molar-refractivity contribution in [2.24, 2.45) is 0 Å². The largest absolute Gasteiger partial charge is 0.353 e. The average molecular weight is 372 g/mol. The van der Waals surface area contributed by atoms with Gasteiger partial charge in [0.2, 0.25) is 9.84 Å². The molecule has 0 spiro atoms. The smallest absolute Gasteiger partial charge is 0.209 e. The van der Waals surface area contributed by atoms with Gasteiger partial charge in [0.05, 0.1) is 22.2 Å². The van der Waals surface area contributed by atoms with Gasteiger partial charge in [-0.2, -0.15) is 5.26 Å². The van der Waals surface area contributed by atoms with E-state index >= 15 is 0 Å². The number of hydrogen-bond donors (Lipinski definition) is 1. The first kappa shape index (κ1) is 17.1. The van der Waals surface area contributed by atoms with Gasteiger partial charge >= 0.3 is 0 Å². The summed E-state index contributed by atoms with van der Waals surface area (Å²) in [5, 5.41) is 9.77. The van der Waals surface area contributed by atoms with Crippen molar-refractivity contribution in [1.82, 2.24) is 4.98 Å². The number of nitrogens with one attached hydrogen (secondary N) is 1. The van der Waals surface area contributed by atoms with Crippen molar-refractivity contribution >= 4 is 20.7 Å². The minimum atomic E-state index is -3.78. The molecule has 0 atom stereocenters. The van der Waals surface area contributed by atoms with Crippen molar-refractivity contribution in [3.8, 4) is 17.3 Å². The fourth-order valence-electron chi connectivity index (χ4n) is 3.16. The maximum Gasteiger partial charge on any atom is 0.209 e. The molecule has 0 aliphatic rings. The first-order chi connectivity index (χ1) is 13.0. The van der Waals surface area contributed by atoms with Crippen molar-refractivity contribution in [2.45, 2.75) is 16.7 Å². The molecule has 0 aliphatic carbocycles. The molecule has 0 bridgehead atoms. The zero-order valence-electron chi connectivity index (χ0n) is 14.6. The van der Waals surface area contributed by atoms with Crippen molar-refractivity contribution < 1.29 is 8.42 Å². The van der Waals surface area contributed by atoms with Gasteiger partial charge in [0.1, 0.15) is 4.90 Å². The van der Waals surface area contributed by atoms with E-state index in [-0.39, 0.29) is 9.79 Å². The van der Waals surface area contributed by atoms with Crippen molar-refractivity contribution in [2.75, 3.05) is 0 Å². The molecule has 0 saturated heterocycles. The molecule has 4 rings (SSSR count). The molecule has 0 radical (unpaired) electrons. The summed E-state index contributed by atoms with van der Waals surface area (Å²) in [6, 6.07) is 23.3. The Morgan fingerprint density at radius 3 is 2.30 bits per heavy atom. The molecule has 132 valence electrons. The highest BCUT2D eigenvalue weighted by atomic mass is 32.2. The fraction of sp³-hybridized carbons (Fsp3) is 0.0455. The van der Waals surface area contributed by atoms with Crippen LogP contribution in [0.1, 0.15) is 11.1 Å². The van der Waals surface area contributed by atoms with Crippen LogP contribution in [0.15, 0.2) is 82.6 Å². The van der Waals surface area contributed by atoms with Gasteiger partial charge in [-0.25, -0.2) is 8.42 Å². The van der Waals surface area contributed by atoms with Crippen molar-refractivity contribution in [1.29, 1.82) is 5.26 Å². The summed E-state index contributed by atoms with van der Waals surface area (Å²) >= 11 is 0. The van der Waals surface area contributed by atoms with Crippen LogP contribution in [0.25, 0.3) is 22.2 Å². The van der Waals surface area contributed by atoms with Gasteiger partial charge < -0.3 is 4.98 Å². The van der Waals surface area contributed by atoms with Crippen LogP contribution in [0.5, 0.6) is 0 Å². The van der Waals surface area contributed by atoms with Crippen LogP contribution in [0.3, 0.4) is 0 Å². The molecule has 0 fully saturated rings. The third kappa shape index (κ3) is 2.90. The summed E-state index contributed by atoms with van der Waals surface area (Å²) in [6.45, 7) is 1.91. The number of nitrogens with zero attached hydrogens (tertiary/aromatic N) is 1. The van der Waals surface area contributed by atoms with E-state index < -0.39 is 9.84 Å².